The van der Waals surface area contributed by atoms with E-state index in [9.17, 15) is 27.2 Å². The molecule has 1 fully saturated rings. The molecule has 0 spiro atoms. The Morgan fingerprint density at radius 1 is 1.05 bits per heavy atom. The van der Waals surface area contributed by atoms with Gasteiger partial charge in [-0.05, 0) is 73.2 Å². The number of ether oxygens (including phenoxy) is 2. The molecule has 12 heteroatoms. The highest BCUT2D eigenvalue weighted by atomic mass is 32.2. The lowest BCUT2D eigenvalue weighted by Crippen LogP contribution is -2.27. The Kier molecular flexibility index (Phi) is 8.56. The fourth-order valence-corrected chi connectivity index (χ4v) is 4.85. The molecule has 1 aliphatic rings. The molecule has 0 unspecified atom stereocenters. The Labute approximate surface area is 230 Å². The van der Waals surface area contributed by atoms with E-state index in [1.807, 2.05) is 0 Å². The SMILES string of the molecule is CCOc1cc(/C=C2\SC(=S)N(c3ccc(F)cc3)C2=O)ccc1OCC(=O)Nc1cccc(C(F)(F)F)c1. The van der Waals surface area contributed by atoms with Gasteiger partial charge in [0.15, 0.2) is 22.4 Å². The van der Waals surface area contributed by atoms with Crippen LogP contribution in [0.2, 0.25) is 0 Å². The van der Waals surface area contributed by atoms with Crippen molar-refractivity contribution in [3.8, 4) is 11.5 Å². The van der Waals surface area contributed by atoms with Crippen LogP contribution in [0.3, 0.4) is 0 Å². The highest BCUT2D eigenvalue weighted by molar-refractivity contribution is 8.27. The predicted molar refractivity (Wildman–Crippen MR) is 145 cm³/mol. The maximum atomic E-state index is 13.3. The molecule has 0 aliphatic carbocycles. The van der Waals surface area contributed by atoms with Gasteiger partial charge in [0.25, 0.3) is 11.8 Å². The first-order valence-electron chi connectivity index (χ1n) is 11.5. The number of thiocarbonyl (C=S) groups is 1. The van der Waals surface area contributed by atoms with E-state index in [2.05, 4.69) is 5.32 Å². The van der Waals surface area contributed by atoms with Gasteiger partial charge >= 0.3 is 6.18 Å². The van der Waals surface area contributed by atoms with Crippen molar-refractivity contribution in [2.24, 2.45) is 0 Å². The second kappa shape index (κ2) is 11.9. The molecule has 6 nitrogen and oxygen atoms in total. The molecule has 4 rings (SSSR count). The molecule has 0 atom stereocenters. The summed E-state index contributed by atoms with van der Waals surface area (Å²) in [4.78, 5) is 26.9. The summed E-state index contributed by atoms with van der Waals surface area (Å²) in [6.45, 7) is 1.56. The highest BCUT2D eigenvalue weighted by Crippen LogP contribution is 2.37. The van der Waals surface area contributed by atoms with E-state index < -0.39 is 30.1 Å². The van der Waals surface area contributed by atoms with E-state index in [0.29, 0.717) is 26.2 Å². The third-order valence-electron chi connectivity index (χ3n) is 5.28. The quantitative estimate of drug-likeness (QED) is 0.184. The Morgan fingerprint density at radius 2 is 1.79 bits per heavy atom. The number of anilines is 2. The molecule has 0 aromatic heterocycles. The summed E-state index contributed by atoms with van der Waals surface area (Å²) in [6.07, 6.45) is -2.91. The van der Waals surface area contributed by atoms with Gasteiger partial charge in [-0.2, -0.15) is 13.2 Å². The average molecular weight is 577 g/mol. The number of rotatable bonds is 8. The first-order valence-corrected chi connectivity index (χ1v) is 12.7. The summed E-state index contributed by atoms with van der Waals surface area (Å²) < 4.78 is 63.5. The molecule has 1 N–H and O–H groups in total. The Morgan fingerprint density at radius 3 is 2.49 bits per heavy atom. The van der Waals surface area contributed by atoms with Crippen LogP contribution in [-0.4, -0.2) is 29.3 Å². The minimum atomic E-state index is -4.54. The number of hydrogen-bond acceptors (Lipinski definition) is 6. The fraction of sp³-hybridized carbons (Fsp3) is 0.148. The first kappa shape index (κ1) is 28.1. The molecule has 0 radical (unpaired) electrons. The predicted octanol–water partition coefficient (Wildman–Crippen LogP) is 6.67. The van der Waals surface area contributed by atoms with Crippen molar-refractivity contribution in [1.82, 2.24) is 0 Å². The van der Waals surface area contributed by atoms with Crippen molar-refractivity contribution in [2.45, 2.75) is 13.1 Å². The number of nitrogens with one attached hydrogen (secondary N) is 1. The van der Waals surface area contributed by atoms with Gasteiger partial charge in [-0.1, -0.05) is 36.1 Å². The first-order chi connectivity index (χ1) is 18.5. The normalized spacial score (nSPS) is 14.6. The maximum Gasteiger partial charge on any atom is 0.416 e. The van der Waals surface area contributed by atoms with Crippen LogP contribution in [0, 0.1) is 5.82 Å². The molecule has 0 bridgehead atoms. The number of benzene rings is 3. The van der Waals surface area contributed by atoms with Crippen LogP contribution in [0.4, 0.5) is 28.9 Å². The third kappa shape index (κ3) is 6.95. The largest absolute Gasteiger partial charge is 0.490 e. The van der Waals surface area contributed by atoms with E-state index in [1.54, 1.807) is 31.2 Å². The minimum Gasteiger partial charge on any atom is -0.490 e. The second-order valence-electron chi connectivity index (χ2n) is 8.05. The van der Waals surface area contributed by atoms with Crippen molar-refractivity contribution in [1.29, 1.82) is 0 Å². The van der Waals surface area contributed by atoms with E-state index in [1.165, 1.54) is 41.3 Å². The summed E-state index contributed by atoms with van der Waals surface area (Å²) in [5.74, 6) is -0.927. The Balaban J connectivity index is 1.45. The highest BCUT2D eigenvalue weighted by Gasteiger charge is 2.33. The van der Waals surface area contributed by atoms with Crippen LogP contribution >= 0.6 is 24.0 Å². The van der Waals surface area contributed by atoms with E-state index >= 15 is 0 Å². The van der Waals surface area contributed by atoms with Gasteiger partial charge in [-0.3, -0.25) is 14.5 Å². The van der Waals surface area contributed by atoms with Gasteiger partial charge in [0.1, 0.15) is 5.82 Å². The second-order valence-corrected chi connectivity index (χ2v) is 9.72. The summed E-state index contributed by atoms with van der Waals surface area (Å²) >= 11 is 6.44. The molecule has 39 heavy (non-hydrogen) atoms. The van der Waals surface area contributed by atoms with Crippen molar-refractivity contribution in [3.05, 3.63) is 88.6 Å². The lowest BCUT2D eigenvalue weighted by Gasteiger charge is -2.14. The molecule has 3 aromatic carbocycles. The molecule has 202 valence electrons. The summed E-state index contributed by atoms with van der Waals surface area (Å²) in [7, 11) is 0. The number of carbonyl (C=O) groups excluding carboxylic acids is 2. The van der Waals surface area contributed by atoms with Crippen LogP contribution < -0.4 is 19.7 Å². The summed E-state index contributed by atoms with van der Waals surface area (Å²) in [5, 5.41) is 2.37. The van der Waals surface area contributed by atoms with Gasteiger partial charge in [-0.25, -0.2) is 4.39 Å². The molecular weight excluding hydrogens is 556 g/mol. The molecule has 1 aliphatic heterocycles. The van der Waals surface area contributed by atoms with Crippen molar-refractivity contribution in [3.63, 3.8) is 0 Å². The van der Waals surface area contributed by atoms with Gasteiger partial charge in [0, 0.05) is 5.69 Å². The Hall–Kier alpha value is -3.90. The number of alkyl halides is 3. The minimum absolute atomic E-state index is 0.0169. The number of carbonyl (C=O) groups is 2. The zero-order valence-electron chi connectivity index (χ0n) is 20.3. The molecule has 2 amide bonds. The monoisotopic (exact) mass is 576 g/mol. The molecule has 3 aromatic rings. The number of nitrogens with zero attached hydrogens (tertiary/aromatic N) is 1. The number of halogens is 4. The average Bonchev–Trinajstić information content (AvgIpc) is 3.16. The van der Waals surface area contributed by atoms with Crippen molar-refractivity contribution < 1.29 is 36.6 Å². The molecule has 0 saturated carbocycles. The smallest absolute Gasteiger partial charge is 0.416 e. The lowest BCUT2D eigenvalue weighted by molar-refractivity contribution is -0.137. The van der Waals surface area contributed by atoms with Gasteiger partial charge < -0.3 is 14.8 Å². The summed E-state index contributed by atoms with van der Waals surface area (Å²) in [6, 6.07) is 14.5. The third-order valence-corrected chi connectivity index (χ3v) is 6.58. The van der Waals surface area contributed by atoms with Crippen LogP contribution in [0.5, 0.6) is 11.5 Å². The van der Waals surface area contributed by atoms with E-state index in [-0.39, 0.29) is 24.0 Å². The summed E-state index contributed by atoms with van der Waals surface area (Å²) in [5.41, 5.74) is 0.144. The lowest BCUT2D eigenvalue weighted by atomic mass is 10.1. The fourth-order valence-electron chi connectivity index (χ4n) is 3.55. The molecule has 1 saturated heterocycles. The van der Waals surface area contributed by atoms with Gasteiger partial charge in [0.05, 0.1) is 22.8 Å². The van der Waals surface area contributed by atoms with Gasteiger partial charge in [-0.15, -0.1) is 0 Å². The maximum absolute atomic E-state index is 13.3. The van der Waals surface area contributed by atoms with Crippen LogP contribution in [-0.2, 0) is 15.8 Å². The van der Waals surface area contributed by atoms with Crippen LogP contribution in [0.15, 0.2) is 71.6 Å². The molecule has 1 heterocycles. The number of amides is 2. The zero-order chi connectivity index (χ0) is 28.2. The number of hydrogen-bond donors (Lipinski definition) is 1. The van der Waals surface area contributed by atoms with Gasteiger partial charge in [0.2, 0.25) is 0 Å². The van der Waals surface area contributed by atoms with Crippen molar-refractivity contribution >= 4 is 57.6 Å². The number of thioether (sulfide) groups is 1. The van der Waals surface area contributed by atoms with E-state index in [4.69, 9.17) is 21.7 Å². The van der Waals surface area contributed by atoms with Crippen molar-refractivity contribution in [2.75, 3.05) is 23.4 Å². The van der Waals surface area contributed by atoms with E-state index in [0.717, 1.165) is 23.9 Å². The molecular formula is C27H20F4N2O4S2. The zero-order valence-corrected chi connectivity index (χ0v) is 21.9. The van der Waals surface area contributed by atoms with Crippen LogP contribution in [0.25, 0.3) is 6.08 Å². The topological polar surface area (TPSA) is 67.9 Å². The van der Waals surface area contributed by atoms with Crippen LogP contribution in [0.1, 0.15) is 18.1 Å². The Bertz CT molecular complexity index is 1440. The standard InChI is InChI=1S/C27H20F4N2O4S2/c1-2-36-22-12-16(13-23-25(35)33(26(38)39-23)20-9-7-18(28)8-10-20)6-11-21(22)37-15-24(34)32-19-5-3-4-17(14-19)27(29,30)31/h3-14H,2,15H2,1H3,(H,32,34)/b23-13-.